The van der Waals surface area contributed by atoms with Crippen molar-refractivity contribution in [1.29, 1.82) is 0 Å². The summed E-state index contributed by atoms with van der Waals surface area (Å²) in [5, 5.41) is 11.1. The maximum atomic E-state index is 13.8. The van der Waals surface area contributed by atoms with Gasteiger partial charge < -0.3 is 0 Å². The first-order chi connectivity index (χ1) is 9.47. The van der Waals surface area contributed by atoms with Crippen LogP contribution in [0.4, 0.5) is 14.5 Å². The molecule has 102 valence electrons. The number of halogens is 2. The highest BCUT2D eigenvalue weighted by atomic mass is 19.1. The van der Waals surface area contributed by atoms with Gasteiger partial charge in [-0.1, -0.05) is 0 Å². The second-order valence-corrected chi connectivity index (χ2v) is 4.20. The van der Waals surface area contributed by atoms with E-state index in [9.17, 15) is 18.4 Å². The highest BCUT2D eigenvalue weighted by molar-refractivity contribution is 6.52. The number of carbonyl (C=O) groups is 2. The van der Waals surface area contributed by atoms with Gasteiger partial charge in [-0.2, -0.15) is 4.80 Å². The first-order valence-corrected chi connectivity index (χ1v) is 5.55. The monoisotopic (exact) mass is 279 g/mol. The summed E-state index contributed by atoms with van der Waals surface area (Å²) in [5.41, 5.74) is -0.551. The Hall–Kier alpha value is -2.71. The normalized spacial score (nSPS) is 14.1. The molecule has 0 spiro atoms. The van der Waals surface area contributed by atoms with Crippen molar-refractivity contribution in [2.75, 3.05) is 4.90 Å². The van der Waals surface area contributed by atoms with E-state index in [1.54, 1.807) is 0 Å². The second-order valence-electron chi connectivity index (χ2n) is 4.20. The molecule has 0 aliphatic carbocycles. The number of carbonyl (C=O) groups excluding carboxylic acids is 2. The molecule has 0 fully saturated rings. The number of hydrogen-bond donors (Lipinski definition) is 0. The molecule has 2 aromatic rings. The predicted molar refractivity (Wildman–Crippen MR) is 60.7 cm³/mol. The third kappa shape index (κ3) is 1.75. The van der Waals surface area contributed by atoms with Crippen molar-refractivity contribution < 1.29 is 18.4 Å². The molecule has 1 aromatic carbocycles. The molecule has 3 rings (SSSR count). The quantitative estimate of drug-likeness (QED) is 0.734. The second kappa shape index (κ2) is 4.15. The van der Waals surface area contributed by atoms with Crippen molar-refractivity contribution >= 4 is 17.4 Å². The van der Waals surface area contributed by atoms with Crippen LogP contribution in [-0.4, -0.2) is 31.9 Å². The fourth-order valence-corrected chi connectivity index (χ4v) is 2.03. The van der Waals surface area contributed by atoms with Gasteiger partial charge in [0.05, 0.1) is 24.8 Å². The topological polar surface area (TPSA) is 81.0 Å². The van der Waals surface area contributed by atoms with Crippen LogP contribution >= 0.6 is 0 Å². The summed E-state index contributed by atoms with van der Waals surface area (Å²) in [7, 11) is 1.53. The van der Waals surface area contributed by atoms with Gasteiger partial charge in [-0.05, 0) is 11.3 Å². The number of aryl methyl sites for hydroxylation is 1. The van der Waals surface area contributed by atoms with Crippen molar-refractivity contribution in [2.24, 2.45) is 7.05 Å². The van der Waals surface area contributed by atoms with Gasteiger partial charge in [0.15, 0.2) is 11.6 Å². The van der Waals surface area contributed by atoms with Crippen molar-refractivity contribution in [2.45, 2.75) is 6.54 Å². The molecule has 2 heterocycles. The summed E-state index contributed by atoms with van der Waals surface area (Å²) < 4.78 is 26.9. The fourth-order valence-electron chi connectivity index (χ4n) is 2.03. The van der Waals surface area contributed by atoms with Gasteiger partial charge in [-0.3, -0.25) is 14.5 Å². The van der Waals surface area contributed by atoms with Gasteiger partial charge in [0.1, 0.15) is 5.82 Å². The van der Waals surface area contributed by atoms with E-state index in [0.717, 1.165) is 11.0 Å². The maximum Gasteiger partial charge on any atom is 0.299 e. The van der Waals surface area contributed by atoms with Crippen LogP contribution in [0.15, 0.2) is 12.1 Å². The number of Topliss-reactive ketones (excluding diaryl/α,β-unsaturated/α-hetero) is 1. The molecule has 0 atom stereocenters. The lowest BCUT2D eigenvalue weighted by molar-refractivity contribution is -0.114. The number of anilines is 1. The molecule has 0 bridgehead atoms. The van der Waals surface area contributed by atoms with Crippen molar-refractivity contribution in [3.63, 3.8) is 0 Å². The Balaban J connectivity index is 2.06. The Morgan fingerprint density at radius 2 is 2.00 bits per heavy atom. The number of rotatable bonds is 2. The van der Waals surface area contributed by atoms with Crippen LogP contribution in [-0.2, 0) is 18.4 Å². The number of hydrogen-bond acceptors (Lipinski definition) is 5. The maximum absolute atomic E-state index is 13.8. The third-order valence-corrected chi connectivity index (χ3v) is 2.83. The lowest BCUT2D eigenvalue weighted by atomic mass is 10.1. The van der Waals surface area contributed by atoms with E-state index < -0.39 is 23.3 Å². The summed E-state index contributed by atoms with van der Waals surface area (Å²) in [6, 6.07) is 1.45. The Labute approximate surface area is 110 Å². The summed E-state index contributed by atoms with van der Waals surface area (Å²) in [4.78, 5) is 25.6. The summed E-state index contributed by atoms with van der Waals surface area (Å²) in [6.07, 6.45) is 0. The van der Waals surface area contributed by atoms with E-state index in [0.29, 0.717) is 6.07 Å². The van der Waals surface area contributed by atoms with Gasteiger partial charge in [-0.15, -0.1) is 10.2 Å². The standard InChI is InChI=1S/C11H7F2N5O2/c1-17-15-8(14-16-17)4-18-9-6(10(19)11(18)20)2-5(12)3-7(9)13/h2-3H,4H2,1H3. The predicted octanol–water partition coefficient (Wildman–Crippen LogP) is 0.218. The summed E-state index contributed by atoms with van der Waals surface area (Å²) in [5.74, 6) is -3.66. The molecule has 0 unspecified atom stereocenters. The van der Waals surface area contributed by atoms with Gasteiger partial charge in [0.25, 0.3) is 11.7 Å². The highest BCUT2D eigenvalue weighted by Crippen LogP contribution is 2.33. The molecule has 1 amide bonds. The number of aromatic nitrogens is 4. The molecule has 0 saturated heterocycles. The van der Waals surface area contributed by atoms with E-state index in [2.05, 4.69) is 15.4 Å². The van der Waals surface area contributed by atoms with E-state index in [1.807, 2.05) is 0 Å². The zero-order valence-electron chi connectivity index (χ0n) is 10.2. The van der Waals surface area contributed by atoms with Crippen molar-refractivity contribution in [3.8, 4) is 0 Å². The molecular weight excluding hydrogens is 272 g/mol. The van der Waals surface area contributed by atoms with E-state index >= 15 is 0 Å². The minimum absolute atomic E-state index is 0.144. The van der Waals surface area contributed by atoms with Crippen molar-refractivity contribution in [1.82, 2.24) is 20.2 Å². The van der Waals surface area contributed by atoms with Crippen LogP contribution in [0.3, 0.4) is 0 Å². The molecule has 20 heavy (non-hydrogen) atoms. The van der Waals surface area contributed by atoms with Crippen LogP contribution < -0.4 is 4.90 Å². The lowest BCUT2D eigenvalue weighted by Gasteiger charge is -2.14. The number of fused-ring (bicyclic) bond motifs is 1. The molecule has 0 N–H and O–H groups in total. The molecular formula is C11H7F2N5O2. The molecule has 9 heteroatoms. The van der Waals surface area contributed by atoms with Crippen LogP contribution in [0.5, 0.6) is 0 Å². The van der Waals surface area contributed by atoms with Gasteiger partial charge >= 0.3 is 0 Å². The minimum Gasteiger partial charge on any atom is -0.294 e. The molecule has 1 aliphatic rings. The Kier molecular flexibility index (Phi) is 2.56. The number of amides is 1. The Bertz CT molecular complexity index is 742. The zero-order chi connectivity index (χ0) is 14.4. The van der Waals surface area contributed by atoms with Crippen LogP contribution in [0, 0.1) is 11.6 Å². The SMILES string of the molecule is Cn1nnc(CN2C(=O)C(=O)c3cc(F)cc(F)c32)n1. The fraction of sp³-hybridized carbons (Fsp3) is 0.182. The average molecular weight is 279 g/mol. The Morgan fingerprint density at radius 1 is 1.25 bits per heavy atom. The first kappa shape index (κ1) is 12.3. The summed E-state index contributed by atoms with van der Waals surface area (Å²) in [6.45, 7) is -0.214. The van der Waals surface area contributed by atoms with Gasteiger partial charge in [0.2, 0.25) is 0 Å². The smallest absolute Gasteiger partial charge is 0.294 e. The van der Waals surface area contributed by atoms with Gasteiger partial charge in [0, 0.05) is 6.07 Å². The molecule has 0 radical (unpaired) electrons. The number of benzene rings is 1. The average Bonchev–Trinajstić information content (AvgIpc) is 2.88. The Morgan fingerprint density at radius 3 is 2.65 bits per heavy atom. The molecule has 1 aliphatic heterocycles. The lowest BCUT2D eigenvalue weighted by Crippen LogP contribution is -2.30. The van der Waals surface area contributed by atoms with Crippen LogP contribution in [0.2, 0.25) is 0 Å². The van der Waals surface area contributed by atoms with Crippen LogP contribution in [0.1, 0.15) is 16.2 Å². The molecule has 0 saturated carbocycles. The minimum atomic E-state index is -0.983. The highest BCUT2D eigenvalue weighted by Gasteiger charge is 2.39. The zero-order valence-corrected chi connectivity index (χ0v) is 10.2. The first-order valence-electron chi connectivity index (χ1n) is 5.55. The van der Waals surface area contributed by atoms with E-state index in [-0.39, 0.29) is 23.6 Å². The van der Waals surface area contributed by atoms with Gasteiger partial charge in [-0.25, -0.2) is 8.78 Å². The number of nitrogens with zero attached hydrogens (tertiary/aromatic N) is 5. The van der Waals surface area contributed by atoms with E-state index in [4.69, 9.17) is 0 Å². The largest absolute Gasteiger partial charge is 0.299 e. The summed E-state index contributed by atoms with van der Waals surface area (Å²) >= 11 is 0. The molecule has 1 aromatic heterocycles. The number of tetrazole rings is 1. The van der Waals surface area contributed by atoms with E-state index in [1.165, 1.54) is 11.8 Å². The van der Waals surface area contributed by atoms with Crippen LogP contribution in [0.25, 0.3) is 0 Å². The number of ketones is 1. The third-order valence-electron chi connectivity index (χ3n) is 2.83. The van der Waals surface area contributed by atoms with Crippen molar-refractivity contribution in [3.05, 3.63) is 35.2 Å². The molecule has 7 nitrogen and oxygen atoms in total.